The summed E-state index contributed by atoms with van der Waals surface area (Å²) in [7, 11) is -1.96. The number of fused-ring (bicyclic) bond motifs is 4. The van der Waals surface area contributed by atoms with E-state index in [0.29, 0.717) is 38.9 Å². The second-order valence-electron chi connectivity index (χ2n) is 17.8. The van der Waals surface area contributed by atoms with Gasteiger partial charge in [0.1, 0.15) is 12.4 Å². The van der Waals surface area contributed by atoms with Gasteiger partial charge in [0.25, 0.3) is 22.4 Å². The Hall–Kier alpha value is -4.80. The predicted octanol–water partition coefficient (Wildman–Crippen LogP) is 6.32. The smallest absolute Gasteiger partial charge is 0.293 e. The molecule has 0 unspecified atom stereocenters. The van der Waals surface area contributed by atoms with Gasteiger partial charge in [0.2, 0.25) is 5.36 Å². The van der Waals surface area contributed by atoms with Crippen molar-refractivity contribution in [1.82, 2.24) is 9.14 Å². The number of allylic oxidation sites excluding steroid dienone is 2. The number of benzene rings is 3. The van der Waals surface area contributed by atoms with E-state index in [4.69, 9.17) is 4.74 Å². The highest BCUT2D eigenvalue weighted by molar-refractivity contribution is 7.85. The maximum atomic E-state index is 11.6. The summed E-state index contributed by atoms with van der Waals surface area (Å²) in [5, 5.41) is 2.41. The fraction of sp³-hybridized carbons (Fsp3) is 0.426. The molecule has 0 fully saturated rings. The van der Waals surface area contributed by atoms with Crippen LogP contribution in [-0.2, 0) is 45.2 Å². The molecule has 7 rings (SSSR count). The van der Waals surface area contributed by atoms with Crippen molar-refractivity contribution >= 4 is 39.0 Å². The van der Waals surface area contributed by atoms with Gasteiger partial charge < -0.3 is 9.64 Å². The van der Waals surface area contributed by atoms with Crippen molar-refractivity contribution in [3.05, 3.63) is 129 Å². The molecule has 0 saturated carbocycles. The third kappa shape index (κ3) is 7.54. The van der Waals surface area contributed by atoms with Gasteiger partial charge in [-0.15, -0.1) is 0 Å². The molecule has 0 bridgehead atoms. The number of rotatable bonds is 13. The van der Waals surface area contributed by atoms with Crippen molar-refractivity contribution in [2.24, 2.45) is 7.05 Å². The Bertz CT molecular complexity index is 2560. The van der Waals surface area contributed by atoms with E-state index in [1.807, 2.05) is 0 Å². The highest BCUT2D eigenvalue weighted by Gasteiger charge is 2.42. The summed E-state index contributed by atoms with van der Waals surface area (Å²) in [5.74, 6) is 0.783. The van der Waals surface area contributed by atoms with Gasteiger partial charge in [-0.25, -0.2) is 13.7 Å². The Morgan fingerprint density at radius 1 is 0.842 bits per heavy atom. The Morgan fingerprint density at radius 3 is 2.26 bits per heavy atom. The summed E-state index contributed by atoms with van der Waals surface area (Å²) < 4.78 is 44.8. The van der Waals surface area contributed by atoms with Crippen LogP contribution in [0.15, 0.2) is 79.1 Å². The second kappa shape index (κ2) is 14.9. The first-order valence-corrected chi connectivity index (χ1v) is 21.7. The van der Waals surface area contributed by atoms with Gasteiger partial charge in [-0.3, -0.25) is 9.35 Å². The molecule has 10 heteroatoms. The number of aryl methyl sites for hydroxylation is 2. The number of ether oxygens (including phenoxy) is 1. The SMILES string of the molecule is CC1=CC(C)(C)N(CCCOC=O)c2cc3c(cc21)C(c1n(CCCCS(=O)(=O)O)cc[n+]1C)=c1cc2c(cc1C3(C)C)=[N+](Cc1ccccc1)C(C)(C)C=C2C. The number of anilines is 1. The number of hydrogen-bond acceptors (Lipinski definition) is 5. The van der Waals surface area contributed by atoms with E-state index < -0.39 is 15.5 Å². The molecule has 300 valence electrons. The predicted molar refractivity (Wildman–Crippen MR) is 228 cm³/mol. The van der Waals surface area contributed by atoms with E-state index in [9.17, 15) is 17.8 Å². The van der Waals surface area contributed by atoms with E-state index >= 15 is 0 Å². The molecule has 0 radical (unpaired) electrons. The fourth-order valence-corrected chi connectivity index (χ4v) is 10.2. The molecular formula is C47H58N4O5S+2. The molecule has 0 amide bonds. The number of carbonyl (C=O) groups excluding carboxylic acids is 1. The molecule has 1 aromatic heterocycles. The molecule has 3 aliphatic rings. The second-order valence-corrected chi connectivity index (χ2v) is 19.3. The average Bonchev–Trinajstić information content (AvgIpc) is 3.49. The summed E-state index contributed by atoms with van der Waals surface area (Å²) in [5.41, 5.74) is 11.2. The molecule has 57 heavy (non-hydrogen) atoms. The molecule has 4 aromatic rings. The topological polar surface area (TPSA) is 95.7 Å². The van der Waals surface area contributed by atoms with Crippen molar-refractivity contribution in [2.75, 3.05) is 23.8 Å². The summed E-state index contributed by atoms with van der Waals surface area (Å²) >= 11 is 0. The maximum absolute atomic E-state index is 11.6. The van der Waals surface area contributed by atoms with Crippen molar-refractivity contribution < 1.29 is 27.1 Å². The minimum absolute atomic E-state index is 0.226. The zero-order valence-corrected chi connectivity index (χ0v) is 35.8. The van der Waals surface area contributed by atoms with Crippen LogP contribution >= 0.6 is 0 Å². The fourth-order valence-electron chi connectivity index (χ4n) is 9.63. The minimum atomic E-state index is -4.04. The van der Waals surface area contributed by atoms with Gasteiger partial charge in [-0.1, -0.05) is 50.3 Å². The van der Waals surface area contributed by atoms with Crippen molar-refractivity contribution in [2.45, 2.75) is 104 Å². The van der Waals surface area contributed by atoms with Crippen molar-refractivity contribution in [1.29, 1.82) is 0 Å². The van der Waals surface area contributed by atoms with Crippen LogP contribution in [0.2, 0.25) is 0 Å². The van der Waals surface area contributed by atoms with Crippen molar-refractivity contribution in [3.63, 3.8) is 0 Å². The lowest BCUT2D eigenvalue weighted by atomic mass is 9.68. The number of hydrogen-bond donors (Lipinski definition) is 1. The molecule has 3 aromatic carbocycles. The molecule has 0 spiro atoms. The molecule has 9 nitrogen and oxygen atoms in total. The summed E-state index contributed by atoms with van der Waals surface area (Å²) in [4.78, 5) is 13.5. The van der Waals surface area contributed by atoms with Gasteiger partial charge in [0.15, 0.2) is 12.1 Å². The normalized spacial score (nSPS) is 17.5. The summed E-state index contributed by atoms with van der Waals surface area (Å²) in [6, 6.07) is 20.4. The molecule has 3 heterocycles. The van der Waals surface area contributed by atoms with Crippen LogP contribution in [0.3, 0.4) is 0 Å². The molecule has 1 N–H and O–H groups in total. The van der Waals surface area contributed by atoms with Gasteiger partial charge >= 0.3 is 0 Å². The zero-order valence-electron chi connectivity index (χ0n) is 35.0. The molecule has 1 aliphatic carbocycles. The monoisotopic (exact) mass is 790 g/mol. The lowest BCUT2D eigenvalue weighted by Gasteiger charge is -2.45. The highest BCUT2D eigenvalue weighted by atomic mass is 32.2. The average molecular weight is 791 g/mol. The largest absolute Gasteiger partial charge is 0.468 e. The van der Waals surface area contributed by atoms with Crippen LogP contribution in [0.25, 0.3) is 16.7 Å². The Labute approximate surface area is 338 Å². The first-order chi connectivity index (χ1) is 26.8. The van der Waals surface area contributed by atoms with Crippen LogP contribution in [-0.4, -0.2) is 54.0 Å². The van der Waals surface area contributed by atoms with Crippen LogP contribution in [0, 0.1) is 0 Å². The summed E-state index contributed by atoms with van der Waals surface area (Å²) in [6.07, 6.45) is 10.6. The van der Waals surface area contributed by atoms with Gasteiger partial charge in [0, 0.05) is 54.3 Å². The molecule has 2 aliphatic heterocycles. The van der Waals surface area contributed by atoms with Crippen LogP contribution in [0.4, 0.5) is 5.69 Å². The van der Waals surface area contributed by atoms with E-state index in [-0.39, 0.29) is 16.8 Å². The zero-order chi connectivity index (χ0) is 41.1. The number of unbranched alkanes of at least 4 members (excludes halogenated alkanes) is 1. The Morgan fingerprint density at radius 2 is 1.56 bits per heavy atom. The van der Waals surface area contributed by atoms with Gasteiger partial charge in [-0.2, -0.15) is 8.42 Å². The van der Waals surface area contributed by atoms with E-state index in [2.05, 4.69) is 160 Å². The van der Waals surface area contributed by atoms with Crippen LogP contribution in [0.1, 0.15) is 114 Å². The number of carbonyl (C=O) groups is 1. The van der Waals surface area contributed by atoms with Crippen molar-refractivity contribution in [3.8, 4) is 0 Å². The third-order valence-electron chi connectivity index (χ3n) is 12.4. The quantitative estimate of drug-likeness (QED) is 0.0738. The highest BCUT2D eigenvalue weighted by Crippen LogP contribution is 2.47. The number of imidazole rings is 1. The van der Waals surface area contributed by atoms with E-state index in [1.165, 1.54) is 60.8 Å². The van der Waals surface area contributed by atoms with Crippen LogP contribution in [0.5, 0.6) is 0 Å². The standard InChI is InChI=1S/C47H57N4O5S/c1-32-28-45(3,4)50(19-15-22-56-31-52)41-26-39-37(24-35(32)41)43(44-48(9)20-21-49(44)18-13-14-23-57(53,54)55)38-25-36-33(2)29-46(5,6)51(30-34-16-11-10-12-17-34)42(36)27-40(38)47(39,7)8/h10-12,16-17,20-21,24-29,31H,13-15,18-19,22-23,30H2,1-9H3/q+1/p+1. The van der Waals surface area contributed by atoms with E-state index in [1.54, 1.807) is 0 Å². The van der Waals surface area contributed by atoms with Gasteiger partial charge in [0.05, 0.1) is 37.1 Å². The summed E-state index contributed by atoms with van der Waals surface area (Å²) in [6.45, 7) is 21.2. The van der Waals surface area contributed by atoms with Crippen LogP contribution < -0.4 is 24.6 Å². The molecule has 0 atom stereocenters. The maximum Gasteiger partial charge on any atom is 0.293 e. The number of nitrogens with zero attached hydrogens (tertiary/aromatic N) is 4. The Kier molecular flexibility index (Phi) is 10.5. The first-order valence-electron chi connectivity index (χ1n) is 20.1. The lowest BCUT2D eigenvalue weighted by molar-refractivity contribution is -0.673. The first kappa shape index (κ1) is 40.4. The molecule has 0 saturated heterocycles. The third-order valence-corrected chi connectivity index (χ3v) is 13.2. The lowest BCUT2D eigenvalue weighted by Crippen LogP contribution is -2.50. The Balaban J connectivity index is 1.54. The minimum Gasteiger partial charge on any atom is -0.468 e. The van der Waals surface area contributed by atoms with E-state index in [0.717, 1.165) is 24.5 Å². The van der Waals surface area contributed by atoms with Gasteiger partial charge in [-0.05, 0) is 104 Å². The molecular weight excluding hydrogens is 733 g/mol. The number of aromatic nitrogens is 2.